The van der Waals surface area contributed by atoms with Crippen molar-refractivity contribution < 1.29 is 9.47 Å². The average molecular weight is 395 g/mol. The molecule has 1 aromatic heterocycles. The fraction of sp³-hybridized carbons (Fsp3) is 0.190. The third-order valence-corrected chi connectivity index (χ3v) is 5.25. The predicted molar refractivity (Wildman–Crippen MR) is 109 cm³/mol. The van der Waals surface area contributed by atoms with Gasteiger partial charge in [0.1, 0.15) is 18.7 Å². The average Bonchev–Trinajstić information content (AvgIpc) is 3.12. The van der Waals surface area contributed by atoms with Crippen LogP contribution in [0.1, 0.15) is 16.7 Å². The minimum atomic E-state index is -0.768. The van der Waals surface area contributed by atoms with Gasteiger partial charge < -0.3 is 15.2 Å². The van der Waals surface area contributed by atoms with Crippen LogP contribution in [0.4, 0.5) is 0 Å². The van der Waals surface area contributed by atoms with Gasteiger partial charge in [-0.25, -0.2) is 15.0 Å². The van der Waals surface area contributed by atoms with Crippen LogP contribution < -0.4 is 10.5 Å². The smallest absolute Gasteiger partial charge is 0.283 e. The number of hydrogen-bond donors (Lipinski definition) is 1. The van der Waals surface area contributed by atoms with Crippen LogP contribution in [0.2, 0.25) is 5.02 Å². The zero-order valence-electron chi connectivity index (χ0n) is 15.5. The first-order valence-corrected chi connectivity index (χ1v) is 9.10. The lowest BCUT2D eigenvalue weighted by molar-refractivity contribution is 0.278. The molecule has 2 N–H and O–H groups in total. The normalized spacial score (nSPS) is 18.5. The van der Waals surface area contributed by atoms with Gasteiger partial charge in [0.2, 0.25) is 0 Å². The summed E-state index contributed by atoms with van der Waals surface area (Å²) in [5.41, 5.74) is 9.68. The minimum Gasteiger partial charge on any atom is -0.496 e. The van der Waals surface area contributed by atoms with Crippen molar-refractivity contribution in [3.8, 4) is 16.9 Å². The molecule has 2 heterocycles. The topological polar surface area (TPSA) is 82.6 Å². The van der Waals surface area contributed by atoms with Crippen LogP contribution >= 0.6 is 11.6 Å². The fourth-order valence-corrected chi connectivity index (χ4v) is 3.70. The monoisotopic (exact) mass is 394 g/mol. The molecule has 0 unspecified atom stereocenters. The predicted octanol–water partition coefficient (Wildman–Crippen LogP) is 3.70. The Hall–Kier alpha value is -3.12. The van der Waals surface area contributed by atoms with Crippen molar-refractivity contribution in [2.45, 2.75) is 12.5 Å². The van der Waals surface area contributed by atoms with Crippen LogP contribution in [-0.2, 0) is 10.3 Å². The van der Waals surface area contributed by atoms with Crippen molar-refractivity contribution in [3.63, 3.8) is 0 Å². The Morgan fingerprint density at radius 3 is 2.46 bits per heavy atom. The van der Waals surface area contributed by atoms with Crippen LogP contribution in [0.3, 0.4) is 0 Å². The number of nitrogens with two attached hydrogens (primary N) is 1. The summed E-state index contributed by atoms with van der Waals surface area (Å²) < 4.78 is 11.0. The highest BCUT2D eigenvalue weighted by Gasteiger charge is 2.40. The quantitative estimate of drug-likeness (QED) is 0.729. The second kappa shape index (κ2) is 7.13. The molecule has 142 valence electrons. The molecule has 7 heteroatoms. The molecule has 2 aromatic carbocycles. The van der Waals surface area contributed by atoms with Gasteiger partial charge in [0.25, 0.3) is 6.02 Å². The first kappa shape index (κ1) is 18.3. The summed E-state index contributed by atoms with van der Waals surface area (Å²) in [6.07, 6.45) is 4.94. The Morgan fingerprint density at radius 2 is 1.82 bits per heavy atom. The molecule has 1 aliphatic rings. The molecule has 0 bridgehead atoms. The van der Waals surface area contributed by atoms with Crippen LogP contribution in [0.15, 0.2) is 60.1 Å². The van der Waals surface area contributed by atoms with Crippen molar-refractivity contribution in [3.05, 3.63) is 76.8 Å². The number of halogens is 1. The third-order valence-electron chi connectivity index (χ3n) is 4.92. The van der Waals surface area contributed by atoms with Gasteiger partial charge in [-0.1, -0.05) is 23.7 Å². The summed E-state index contributed by atoms with van der Waals surface area (Å²) in [5, 5.41) is 0.607. The standard InChI is InChI=1S/C21H19ClN4O2/c1-13-7-15(4-6-19(13)27-2)21(11-28-20(23)26-21)16-3-5-18(22)17(8-16)14-9-24-12-25-10-14/h3-10,12H,11H2,1-2H3,(H2,23,26)/t21-/m0/s1. The highest BCUT2D eigenvalue weighted by Crippen LogP contribution is 2.41. The molecule has 0 amide bonds. The number of methoxy groups -OCH3 is 1. The van der Waals surface area contributed by atoms with E-state index < -0.39 is 5.54 Å². The maximum absolute atomic E-state index is 6.46. The van der Waals surface area contributed by atoms with Gasteiger partial charge in [0, 0.05) is 28.5 Å². The number of amidine groups is 1. The van der Waals surface area contributed by atoms with E-state index in [2.05, 4.69) is 15.0 Å². The molecule has 0 spiro atoms. The van der Waals surface area contributed by atoms with E-state index in [9.17, 15) is 0 Å². The number of benzene rings is 2. The zero-order valence-corrected chi connectivity index (χ0v) is 16.3. The van der Waals surface area contributed by atoms with Crippen LogP contribution in [0.25, 0.3) is 11.1 Å². The van der Waals surface area contributed by atoms with E-state index >= 15 is 0 Å². The highest BCUT2D eigenvalue weighted by atomic mass is 35.5. The number of aliphatic imine (C=N–C) groups is 1. The number of aromatic nitrogens is 2. The molecule has 0 radical (unpaired) electrons. The van der Waals surface area contributed by atoms with Gasteiger partial charge >= 0.3 is 0 Å². The summed E-state index contributed by atoms with van der Waals surface area (Å²) in [7, 11) is 1.65. The summed E-state index contributed by atoms with van der Waals surface area (Å²) in [4.78, 5) is 12.9. The summed E-state index contributed by atoms with van der Waals surface area (Å²) in [6.45, 7) is 2.30. The number of aryl methyl sites for hydroxylation is 1. The van der Waals surface area contributed by atoms with E-state index in [-0.39, 0.29) is 6.02 Å². The Kier molecular flexibility index (Phi) is 4.65. The van der Waals surface area contributed by atoms with Crippen molar-refractivity contribution in [2.75, 3.05) is 13.7 Å². The van der Waals surface area contributed by atoms with E-state index in [1.807, 2.05) is 43.3 Å². The van der Waals surface area contributed by atoms with E-state index in [0.717, 1.165) is 33.6 Å². The molecule has 0 saturated carbocycles. The third kappa shape index (κ3) is 3.05. The number of ether oxygens (including phenoxy) is 2. The van der Waals surface area contributed by atoms with E-state index in [4.69, 9.17) is 26.8 Å². The summed E-state index contributed by atoms with van der Waals surface area (Å²) in [5.74, 6) is 0.813. The Bertz CT molecular complexity index is 1060. The number of hydrogen-bond acceptors (Lipinski definition) is 6. The van der Waals surface area contributed by atoms with Crippen molar-refractivity contribution in [1.82, 2.24) is 9.97 Å². The van der Waals surface area contributed by atoms with Gasteiger partial charge in [-0.2, -0.15) is 0 Å². The molecular weight excluding hydrogens is 376 g/mol. The van der Waals surface area contributed by atoms with Gasteiger partial charge in [-0.05, 0) is 47.9 Å². The van der Waals surface area contributed by atoms with Crippen molar-refractivity contribution in [1.29, 1.82) is 0 Å². The summed E-state index contributed by atoms with van der Waals surface area (Å²) in [6, 6.07) is 11.9. The van der Waals surface area contributed by atoms with E-state index in [1.54, 1.807) is 19.5 Å². The number of nitrogens with zero attached hydrogens (tertiary/aromatic N) is 3. The molecule has 3 aromatic rings. The maximum atomic E-state index is 6.46. The molecule has 1 atom stereocenters. The largest absolute Gasteiger partial charge is 0.496 e. The van der Waals surface area contributed by atoms with Gasteiger partial charge in [0.05, 0.1) is 7.11 Å². The van der Waals surface area contributed by atoms with Crippen molar-refractivity contribution in [2.24, 2.45) is 10.7 Å². The Morgan fingerprint density at radius 1 is 1.11 bits per heavy atom. The van der Waals surface area contributed by atoms with Crippen LogP contribution in [0.5, 0.6) is 5.75 Å². The maximum Gasteiger partial charge on any atom is 0.283 e. The molecular formula is C21H19ClN4O2. The first-order valence-electron chi connectivity index (χ1n) is 8.72. The van der Waals surface area contributed by atoms with Gasteiger partial charge in [0.15, 0.2) is 5.54 Å². The van der Waals surface area contributed by atoms with Crippen LogP contribution in [-0.4, -0.2) is 29.7 Å². The molecule has 0 aliphatic carbocycles. The van der Waals surface area contributed by atoms with E-state index in [1.165, 1.54) is 6.33 Å². The van der Waals surface area contributed by atoms with Gasteiger partial charge in [-0.15, -0.1) is 0 Å². The van der Waals surface area contributed by atoms with Gasteiger partial charge in [-0.3, -0.25) is 0 Å². The van der Waals surface area contributed by atoms with Crippen LogP contribution in [0, 0.1) is 6.92 Å². The molecule has 0 saturated heterocycles. The second-order valence-electron chi connectivity index (χ2n) is 6.61. The fourth-order valence-electron chi connectivity index (χ4n) is 3.47. The lowest BCUT2D eigenvalue weighted by atomic mass is 9.82. The van der Waals surface area contributed by atoms with Crippen molar-refractivity contribution >= 4 is 17.6 Å². The van der Waals surface area contributed by atoms with E-state index in [0.29, 0.717) is 11.6 Å². The zero-order chi connectivity index (χ0) is 19.7. The Labute approximate surface area is 168 Å². The Balaban J connectivity index is 1.89. The number of rotatable bonds is 4. The SMILES string of the molecule is COc1ccc([C@]2(c3ccc(Cl)c(-c4cncnc4)c3)COC(N)=N2)cc1C. The lowest BCUT2D eigenvalue weighted by Gasteiger charge is -2.27. The summed E-state index contributed by atoms with van der Waals surface area (Å²) >= 11 is 6.46. The molecule has 1 aliphatic heterocycles. The molecule has 4 rings (SSSR count). The molecule has 0 fully saturated rings. The second-order valence-corrected chi connectivity index (χ2v) is 7.01. The minimum absolute atomic E-state index is 0.160. The first-order chi connectivity index (χ1) is 13.5. The molecule has 6 nitrogen and oxygen atoms in total. The molecule has 28 heavy (non-hydrogen) atoms. The lowest BCUT2D eigenvalue weighted by Crippen LogP contribution is -2.27. The highest BCUT2D eigenvalue weighted by molar-refractivity contribution is 6.33.